The van der Waals surface area contributed by atoms with Crippen molar-refractivity contribution in [2.24, 2.45) is 11.1 Å². The van der Waals surface area contributed by atoms with Crippen LogP contribution in [0.25, 0.3) is 11.4 Å². The van der Waals surface area contributed by atoms with E-state index in [-0.39, 0.29) is 5.91 Å². The van der Waals surface area contributed by atoms with Crippen molar-refractivity contribution in [3.8, 4) is 11.4 Å². The third-order valence-electron chi connectivity index (χ3n) is 4.53. The quantitative estimate of drug-likeness (QED) is 0.848. The van der Waals surface area contributed by atoms with Gasteiger partial charge in [0, 0.05) is 37.6 Å². The van der Waals surface area contributed by atoms with Gasteiger partial charge in [0.15, 0.2) is 5.82 Å². The van der Waals surface area contributed by atoms with Crippen LogP contribution in [0.5, 0.6) is 0 Å². The maximum Gasteiger partial charge on any atom is 0.232 e. The molecule has 3 N–H and O–H groups in total. The maximum absolute atomic E-state index is 12.7. The van der Waals surface area contributed by atoms with Gasteiger partial charge in [0.2, 0.25) is 5.91 Å². The molecule has 24 heavy (non-hydrogen) atoms. The van der Waals surface area contributed by atoms with Gasteiger partial charge in [-0.25, -0.2) is 4.68 Å². The smallest absolute Gasteiger partial charge is 0.232 e. The molecular weight excluding hydrogens is 308 g/mol. The molecule has 8 nitrogen and oxygen atoms in total. The number of carbonyl (C=O) groups is 1. The first kappa shape index (κ1) is 16.5. The van der Waals surface area contributed by atoms with Gasteiger partial charge in [0.05, 0.1) is 5.41 Å². The summed E-state index contributed by atoms with van der Waals surface area (Å²) >= 11 is 0. The van der Waals surface area contributed by atoms with Crippen LogP contribution in [0.1, 0.15) is 19.8 Å². The Morgan fingerprint density at radius 1 is 1.42 bits per heavy atom. The number of nitrogens with zero attached hydrogens (tertiary/aromatic N) is 4. The van der Waals surface area contributed by atoms with E-state index in [4.69, 9.17) is 10.5 Å². The first-order chi connectivity index (χ1) is 11.7. The summed E-state index contributed by atoms with van der Waals surface area (Å²) in [6.07, 6.45) is 1.28. The molecule has 8 heteroatoms. The van der Waals surface area contributed by atoms with Crippen LogP contribution in [0.4, 0.5) is 5.69 Å². The van der Waals surface area contributed by atoms with Gasteiger partial charge in [-0.3, -0.25) is 4.79 Å². The van der Waals surface area contributed by atoms with Crippen LogP contribution in [-0.4, -0.2) is 45.9 Å². The first-order valence-electron chi connectivity index (χ1n) is 8.14. The van der Waals surface area contributed by atoms with Crippen LogP contribution in [0.3, 0.4) is 0 Å². The minimum absolute atomic E-state index is 0.0551. The number of carbonyl (C=O) groups excluding carboxylic acids is 1. The van der Waals surface area contributed by atoms with Gasteiger partial charge in [0.25, 0.3) is 0 Å². The van der Waals surface area contributed by atoms with E-state index in [1.807, 2.05) is 31.2 Å². The summed E-state index contributed by atoms with van der Waals surface area (Å²) in [7, 11) is 0. The van der Waals surface area contributed by atoms with Gasteiger partial charge in [-0.2, -0.15) is 0 Å². The first-order valence-corrected chi connectivity index (χ1v) is 8.14. The Bertz CT molecular complexity index is 708. The van der Waals surface area contributed by atoms with E-state index in [1.54, 1.807) is 4.68 Å². The monoisotopic (exact) mass is 330 g/mol. The molecule has 1 saturated heterocycles. The van der Waals surface area contributed by atoms with Crippen LogP contribution in [0, 0.1) is 5.41 Å². The van der Waals surface area contributed by atoms with E-state index < -0.39 is 5.41 Å². The lowest BCUT2D eigenvalue weighted by molar-refractivity contribution is -0.130. The Balaban J connectivity index is 1.80. The molecule has 2 heterocycles. The van der Waals surface area contributed by atoms with Crippen LogP contribution < -0.4 is 11.1 Å². The van der Waals surface area contributed by atoms with Crippen molar-refractivity contribution in [1.82, 2.24) is 20.2 Å². The van der Waals surface area contributed by atoms with Crippen molar-refractivity contribution in [1.29, 1.82) is 0 Å². The lowest BCUT2D eigenvalue weighted by Gasteiger charge is -2.34. The lowest BCUT2D eigenvalue weighted by Crippen LogP contribution is -2.46. The number of nitrogens with one attached hydrogen (secondary N) is 1. The van der Waals surface area contributed by atoms with Crippen molar-refractivity contribution in [2.45, 2.75) is 26.3 Å². The molecule has 1 fully saturated rings. The molecule has 1 aromatic carbocycles. The van der Waals surface area contributed by atoms with Crippen molar-refractivity contribution in [2.75, 3.05) is 25.1 Å². The minimum Gasteiger partial charge on any atom is -0.381 e. The number of tetrazole rings is 1. The van der Waals surface area contributed by atoms with Gasteiger partial charge >= 0.3 is 0 Å². The van der Waals surface area contributed by atoms with E-state index in [1.165, 1.54) is 0 Å². The fourth-order valence-electron chi connectivity index (χ4n) is 2.91. The molecule has 1 aromatic heterocycles. The highest BCUT2D eigenvalue weighted by Crippen LogP contribution is 2.31. The zero-order valence-corrected chi connectivity index (χ0v) is 13.7. The summed E-state index contributed by atoms with van der Waals surface area (Å²) in [5.41, 5.74) is 6.90. The number of aryl methyl sites for hydroxylation is 1. The highest BCUT2D eigenvalue weighted by atomic mass is 16.5. The summed E-state index contributed by atoms with van der Waals surface area (Å²) in [4.78, 5) is 12.7. The Hall–Kier alpha value is -2.32. The predicted octanol–water partition coefficient (Wildman–Crippen LogP) is 1.05. The second-order valence-electron chi connectivity index (χ2n) is 5.95. The van der Waals surface area contributed by atoms with Crippen LogP contribution in [0.15, 0.2) is 24.3 Å². The minimum atomic E-state index is -0.556. The molecule has 1 amide bonds. The maximum atomic E-state index is 12.7. The van der Waals surface area contributed by atoms with E-state index in [2.05, 4.69) is 20.8 Å². The topological polar surface area (TPSA) is 108 Å². The molecule has 0 unspecified atom stereocenters. The summed E-state index contributed by atoms with van der Waals surface area (Å²) in [6, 6.07) is 7.52. The molecular formula is C16H22N6O2. The Morgan fingerprint density at radius 3 is 2.92 bits per heavy atom. The lowest BCUT2D eigenvalue weighted by atomic mass is 9.79. The normalized spacial score (nSPS) is 16.8. The second kappa shape index (κ2) is 7.06. The number of ether oxygens (including phenoxy) is 1. The third-order valence-corrected chi connectivity index (χ3v) is 4.53. The molecule has 1 aliphatic heterocycles. The largest absolute Gasteiger partial charge is 0.381 e. The molecule has 2 aromatic rings. The number of rotatable bonds is 5. The zero-order chi connectivity index (χ0) is 17.0. The van der Waals surface area contributed by atoms with Crippen LogP contribution in [0.2, 0.25) is 0 Å². The van der Waals surface area contributed by atoms with Crippen molar-refractivity contribution < 1.29 is 9.53 Å². The number of amides is 1. The van der Waals surface area contributed by atoms with Gasteiger partial charge in [-0.05, 0) is 42.3 Å². The number of hydrogen-bond donors (Lipinski definition) is 2. The molecule has 0 radical (unpaired) electrons. The molecule has 1 aliphatic rings. The fourth-order valence-corrected chi connectivity index (χ4v) is 2.91. The number of benzene rings is 1. The van der Waals surface area contributed by atoms with Crippen LogP contribution >= 0.6 is 0 Å². The van der Waals surface area contributed by atoms with Gasteiger partial charge in [-0.15, -0.1) is 5.10 Å². The Kier molecular flexibility index (Phi) is 4.86. The van der Waals surface area contributed by atoms with Crippen molar-refractivity contribution in [3.63, 3.8) is 0 Å². The standard InChI is InChI=1S/C16H22N6O2/c1-2-22-14(19-20-21-22)12-4-3-5-13(10-12)18-15(23)16(11-17)6-8-24-9-7-16/h3-5,10H,2,6-9,11,17H2,1H3,(H,18,23). The molecule has 0 bridgehead atoms. The van der Waals surface area contributed by atoms with Crippen LogP contribution in [-0.2, 0) is 16.1 Å². The average molecular weight is 330 g/mol. The second-order valence-corrected chi connectivity index (χ2v) is 5.95. The third kappa shape index (κ3) is 3.15. The Labute approximate surface area is 140 Å². The predicted molar refractivity (Wildman–Crippen MR) is 89.1 cm³/mol. The summed E-state index contributed by atoms with van der Waals surface area (Å²) in [5, 5.41) is 14.7. The van der Waals surface area contributed by atoms with E-state index in [0.29, 0.717) is 50.7 Å². The average Bonchev–Trinajstić information content (AvgIpc) is 3.11. The van der Waals surface area contributed by atoms with Gasteiger partial charge < -0.3 is 15.8 Å². The summed E-state index contributed by atoms with van der Waals surface area (Å²) in [6.45, 7) is 4.10. The van der Waals surface area contributed by atoms with Crippen molar-refractivity contribution >= 4 is 11.6 Å². The molecule has 0 saturated carbocycles. The molecule has 128 valence electrons. The van der Waals surface area contributed by atoms with E-state index >= 15 is 0 Å². The highest BCUT2D eigenvalue weighted by Gasteiger charge is 2.38. The number of aromatic nitrogens is 4. The van der Waals surface area contributed by atoms with Gasteiger partial charge in [0.1, 0.15) is 0 Å². The van der Waals surface area contributed by atoms with Gasteiger partial charge in [-0.1, -0.05) is 12.1 Å². The number of hydrogen-bond acceptors (Lipinski definition) is 6. The van der Waals surface area contributed by atoms with Crippen molar-refractivity contribution in [3.05, 3.63) is 24.3 Å². The molecule has 3 rings (SSSR count). The number of anilines is 1. The summed E-state index contributed by atoms with van der Waals surface area (Å²) in [5.74, 6) is 0.619. The van der Waals surface area contributed by atoms with E-state index in [0.717, 1.165) is 5.56 Å². The zero-order valence-electron chi connectivity index (χ0n) is 13.7. The fraction of sp³-hybridized carbons (Fsp3) is 0.500. The molecule has 0 spiro atoms. The summed E-state index contributed by atoms with van der Waals surface area (Å²) < 4.78 is 7.07. The van der Waals surface area contributed by atoms with E-state index in [9.17, 15) is 4.79 Å². The Morgan fingerprint density at radius 2 is 2.21 bits per heavy atom. The number of nitrogens with two attached hydrogens (primary N) is 1. The molecule has 0 atom stereocenters. The highest BCUT2D eigenvalue weighted by molar-refractivity contribution is 5.96. The SMILES string of the molecule is CCn1nnnc1-c1cccc(NC(=O)C2(CN)CCOCC2)c1. The molecule has 0 aliphatic carbocycles.